The van der Waals surface area contributed by atoms with Crippen molar-refractivity contribution >= 4 is 22.6 Å². The van der Waals surface area contributed by atoms with Gasteiger partial charge >= 0.3 is 5.97 Å². The fourth-order valence-corrected chi connectivity index (χ4v) is 5.31. The molecule has 0 fully saturated rings. The number of para-hydroxylation sites is 1. The van der Waals surface area contributed by atoms with Crippen molar-refractivity contribution in [1.82, 2.24) is 9.97 Å². The maximum atomic E-state index is 13.3. The van der Waals surface area contributed by atoms with Gasteiger partial charge in [-0.15, -0.1) is 0 Å². The van der Waals surface area contributed by atoms with Gasteiger partial charge in [0.05, 0.1) is 12.2 Å². The Morgan fingerprint density at radius 2 is 1.83 bits per heavy atom. The number of nitrogens with zero attached hydrogens (tertiary/aromatic N) is 2. The Hall–Kier alpha value is -3.80. The number of hydrogen-bond donors (Lipinski definition) is 1. The summed E-state index contributed by atoms with van der Waals surface area (Å²) in [7, 11) is 0. The third kappa shape index (κ3) is 3.47. The molecule has 4 aromatic rings. The molecule has 0 bridgehead atoms. The van der Waals surface area contributed by atoms with Gasteiger partial charge in [-0.05, 0) is 57.5 Å². The van der Waals surface area contributed by atoms with Crippen molar-refractivity contribution in [2.75, 3.05) is 24.6 Å². The summed E-state index contributed by atoms with van der Waals surface area (Å²) in [6, 6.07) is 17.9. The summed E-state index contributed by atoms with van der Waals surface area (Å²) in [5, 5.41) is 1.01. The normalized spacial score (nSPS) is 16.9. The zero-order valence-electron chi connectivity index (χ0n) is 20.7. The van der Waals surface area contributed by atoms with Gasteiger partial charge in [0.15, 0.2) is 0 Å². The number of H-pyrrole nitrogens is 1. The maximum Gasteiger partial charge on any atom is 0.341 e. The van der Waals surface area contributed by atoms with Crippen LogP contribution in [-0.4, -0.2) is 35.6 Å². The fraction of sp³-hybridized carbons (Fsp3) is 0.310. The number of benzene rings is 2. The number of pyridine rings is 1. The molecule has 1 aliphatic heterocycles. The Bertz CT molecular complexity index is 1390. The standard InChI is InChI=1S/C29H31N3O3/c1-5-23-26(20-12-9-10-14-24(20)31-23)29(27-21(28(33)35-29)13-11-17-30-27)22-16-15-19(32(6-2)7-3)18-25(22)34-8-4/h9-18,31H,5-8H2,1-4H3. The number of cyclic esters (lactones) is 1. The van der Waals surface area contributed by atoms with Crippen LogP contribution in [0.25, 0.3) is 10.9 Å². The van der Waals surface area contributed by atoms with Crippen molar-refractivity contribution in [2.45, 2.75) is 39.7 Å². The molecule has 2 aromatic carbocycles. The van der Waals surface area contributed by atoms with Gasteiger partial charge in [-0.1, -0.05) is 25.1 Å². The number of carbonyl (C=O) groups excluding carboxylic acids is 1. The molecule has 180 valence electrons. The van der Waals surface area contributed by atoms with Crippen LogP contribution in [0.5, 0.6) is 5.75 Å². The first-order valence-electron chi connectivity index (χ1n) is 12.4. The van der Waals surface area contributed by atoms with Gasteiger partial charge in [0.25, 0.3) is 0 Å². The molecule has 6 nitrogen and oxygen atoms in total. The van der Waals surface area contributed by atoms with Gasteiger partial charge < -0.3 is 19.4 Å². The number of esters is 1. The highest BCUT2D eigenvalue weighted by molar-refractivity contribution is 5.98. The van der Waals surface area contributed by atoms with Gasteiger partial charge in [0, 0.05) is 58.8 Å². The van der Waals surface area contributed by atoms with E-state index in [4.69, 9.17) is 14.5 Å². The van der Waals surface area contributed by atoms with E-state index in [2.05, 4.69) is 54.9 Å². The summed E-state index contributed by atoms with van der Waals surface area (Å²) in [4.78, 5) is 23.9. The van der Waals surface area contributed by atoms with Crippen LogP contribution in [0.1, 0.15) is 60.6 Å². The molecule has 0 radical (unpaired) electrons. The number of aromatic amines is 1. The minimum absolute atomic E-state index is 0.379. The molecule has 0 amide bonds. The number of aromatic nitrogens is 2. The second kappa shape index (κ2) is 9.10. The molecule has 0 saturated carbocycles. The molecule has 0 aliphatic carbocycles. The van der Waals surface area contributed by atoms with E-state index < -0.39 is 5.60 Å². The Morgan fingerprint density at radius 3 is 2.57 bits per heavy atom. The molecule has 1 atom stereocenters. The van der Waals surface area contributed by atoms with E-state index in [0.29, 0.717) is 23.6 Å². The Balaban J connectivity index is 1.88. The van der Waals surface area contributed by atoms with E-state index in [0.717, 1.165) is 52.9 Å². The summed E-state index contributed by atoms with van der Waals surface area (Å²) < 4.78 is 12.7. The number of hydrogen-bond acceptors (Lipinski definition) is 5. The van der Waals surface area contributed by atoms with E-state index in [1.54, 1.807) is 18.3 Å². The molecule has 3 heterocycles. The van der Waals surface area contributed by atoms with Crippen molar-refractivity contribution in [3.63, 3.8) is 0 Å². The highest BCUT2D eigenvalue weighted by atomic mass is 16.6. The predicted molar refractivity (Wildman–Crippen MR) is 138 cm³/mol. The smallest absolute Gasteiger partial charge is 0.341 e. The molecule has 0 spiro atoms. The predicted octanol–water partition coefficient (Wildman–Crippen LogP) is 5.83. The number of ether oxygens (including phenoxy) is 2. The summed E-state index contributed by atoms with van der Waals surface area (Å²) in [6.07, 6.45) is 2.47. The third-order valence-electron chi connectivity index (χ3n) is 6.87. The van der Waals surface area contributed by atoms with Crippen LogP contribution >= 0.6 is 0 Å². The molecule has 5 rings (SSSR count). The second-order valence-electron chi connectivity index (χ2n) is 8.63. The lowest BCUT2D eigenvalue weighted by Crippen LogP contribution is -2.32. The summed E-state index contributed by atoms with van der Waals surface area (Å²) in [5.41, 5.74) is 4.61. The SMILES string of the molecule is CCOc1cc(N(CC)CC)ccc1C1(c2c(CC)[nH]c3ccccc23)OC(=O)c2cccnc21. The lowest BCUT2D eigenvalue weighted by atomic mass is 9.80. The lowest BCUT2D eigenvalue weighted by Gasteiger charge is -2.32. The van der Waals surface area contributed by atoms with Crippen LogP contribution in [0.2, 0.25) is 0 Å². The first-order valence-corrected chi connectivity index (χ1v) is 12.4. The van der Waals surface area contributed by atoms with Crippen LogP contribution in [0.15, 0.2) is 60.8 Å². The largest absolute Gasteiger partial charge is 0.493 e. The monoisotopic (exact) mass is 469 g/mol. The number of carbonyl (C=O) groups is 1. The van der Waals surface area contributed by atoms with Crippen LogP contribution in [0.4, 0.5) is 5.69 Å². The average Bonchev–Trinajstić information content (AvgIpc) is 3.41. The third-order valence-corrected chi connectivity index (χ3v) is 6.87. The van der Waals surface area contributed by atoms with Gasteiger partial charge in [0.2, 0.25) is 5.60 Å². The molecular weight excluding hydrogens is 438 g/mol. The number of fused-ring (bicyclic) bond motifs is 2. The molecule has 1 unspecified atom stereocenters. The molecule has 2 aromatic heterocycles. The first-order chi connectivity index (χ1) is 17.1. The van der Waals surface area contributed by atoms with Crippen molar-refractivity contribution in [3.8, 4) is 5.75 Å². The topological polar surface area (TPSA) is 67.4 Å². The van der Waals surface area contributed by atoms with E-state index in [-0.39, 0.29) is 5.97 Å². The van der Waals surface area contributed by atoms with Gasteiger partial charge in [0.1, 0.15) is 11.4 Å². The van der Waals surface area contributed by atoms with Crippen LogP contribution in [0, 0.1) is 0 Å². The fourth-order valence-electron chi connectivity index (χ4n) is 5.31. The van der Waals surface area contributed by atoms with Crippen molar-refractivity contribution in [1.29, 1.82) is 0 Å². The Morgan fingerprint density at radius 1 is 1.03 bits per heavy atom. The molecule has 35 heavy (non-hydrogen) atoms. The van der Waals surface area contributed by atoms with Crippen molar-refractivity contribution in [2.24, 2.45) is 0 Å². The van der Waals surface area contributed by atoms with Crippen LogP contribution in [0.3, 0.4) is 0 Å². The molecule has 0 saturated heterocycles. The first kappa shape index (κ1) is 23.0. The summed E-state index contributed by atoms with van der Waals surface area (Å²) in [6.45, 7) is 10.6. The average molecular weight is 470 g/mol. The van der Waals surface area contributed by atoms with Gasteiger partial charge in [-0.25, -0.2) is 4.79 Å². The number of anilines is 1. The van der Waals surface area contributed by atoms with Crippen molar-refractivity contribution < 1.29 is 14.3 Å². The highest BCUT2D eigenvalue weighted by Crippen LogP contribution is 2.52. The second-order valence-corrected chi connectivity index (χ2v) is 8.63. The van der Waals surface area contributed by atoms with E-state index in [9.17, 15) is 4.79 Å². The van der Waals surface area contributed by atoms with Crippen molar-refractivity contribution in [3.05, 3.63) is 88.9 Å². The van der Waals surface area contributed by atoms with Gasteiger partial charge in [-0.3, -0.25) is 4.98 Å². The molecular formula is C29H31N3O3. The van der Waals surface area contributed by atoms with E-state index >= 15 is 0 Å². The molecule has 1 N–H and O–H groups in total. The Labute approximate surface area is 205 Å². The zero-order valence-corrected chi connectivity index (χ0v) is 20.7. The number of aryl methyl sites for hydroxylation is 1. The minimum atomic E-state index is -1.23. The quantitative estimate of drug-likeness (QED) is 0.329. The molecule has 6 heteroatoms. The number of rotatable bonds is 8. The molecule has 1 aliphatic rings. The van der Waals surface area contributed by atoms with Gasteiger partial charge in [-0.2, -0.15) is 0 Å². The highest BCUT2D eigenvalue weighted by Gasteiger charge is 2.53. The summed E-state index contributed by atoms with van der Waals surface area (Å²) in [5.74, 6) is 0.311. The van der Waals surface area contributed by atoms with E-state index in [1.165, 1.54) is 0 Å². The maximum absolute atomic E-state index is 13.3. The minimum Gasteiger partial charge on any atom is -0.493 e. The van der Waals surface area contributed by atoms with Crippen LogP contribution < -0.4 is 9.64 Å². The zero-order chi connectivity index (χ0) is 24.6. The van der Waals surface area contributed by atoms with E-state index in [1.807, 2.05) is 25.1 Å². The number of nitrogens with one attached hydrogen (secondary N) is 1. The Kier molecular flexibility index (Phi) is 5.97. The lowest BCUT2D eigenvalue weighted by molar-refractivity contribution is 0.0238. The van der Waals surface area contributed by atoms with Crippen LogP contribution in [-0.2, 0) is 16.8 Å². The summed E-state index contributed by atoms with van der Waals surface area (Å²) >= 11 is 0.